The van der Waals surface area contributed by atoms with Gasteiger partial charge in [-0.3, -0.25) is 4.79 Å². The molecule has 21 heavy (non-hydrogen) atoms. The molecule has 0 unspecified atom stereocenters. The zero-order valence-corrected chi connectivity index (χ0v) is 12.9. The molecule has 0 radical (unpaired) electrons. The quantitative estimate of drug-likeness (QED) is 0.841. The first-order chi connectivity index (χ1) is 10.0. The van der Waals surface area contributed by atoms with Crippen molar-refractivity contribution in [3.05, 3.63) is 46.1 Å². The number of rotatable bonds is 4. The Hall–Kier alpha value is -1.98. The summed E-state index contributed by atoms with van der Waals surface area (Å²) < 4.78 is 5.10. The molecule has 0 aliphatic rings. The van der Waals surface area contributed by atoms with Crippen LogP contribution in [0.1, 0.15) is 10.4 Å². The Bertz CT molecular complexity index is 677. The van der Waals surface area contributed by atoms with Gasteiger partial charge in [-0.1, -0.05) is 23.2 Å². The van der Waals surface area contributed by atoms with E-state index in [-0.39, 0.29) is 11.1 Å². The van der Waals surface area contributed by atoms with Crippen molar-refractivity contribution in [3.8, 4) is 5.75 Å². The van der Waals surface area contributed by atoms with Crippen LogP contribution in [0.3, 0.4) is 0 Å². The molecule has 110 valence electrons. The first-order valence-corrected chi connectivity index (χ1v) is 6.79. The number of amides is 1. The van der Waals surface area contributed by atoms with E-state index < -0.39 is 0 Å². The number of nitrogens with zero attached hydrogens (tertiary/aromatic N) is 1. The van der Waals surface area contributed by atoms with Crippen molar-refractivity contribution < 1.29 is 9.53 Å². The SMILES string of the molecule is CNc1cc(C(=O)Nc2cc(OC)ccc2Cl)cc(Cl)n1. The van der Waals surface area contributed by atoms with Gasteiger partial charge in [-0.2, -0.15) is 0 Å². The van der Waals surface area contributed by atoms with Crippen LogP contribution < -0.4 is 15.4 Å². The normalized spacial score (nSPS) is 10.1. The number of hydrogen-bond acceptors (Lipinski definition) is 4. The highest BCUT2D eigenvalue weighted by Crippen LogP contribution is 2.27. The summed E-state index contributed by atoms with van der Waals surface area (Å²) in [4.78, 5) is 16.3. The number of ether oxygens (including phenoxy) is 1. The molecule has 2 rings (SSSR count). The molecule has 0 aliphatic heterocycles. The van der Waals surface area contributed by atoms with E-state index >= 15 is 0 Å². The van der Waals surface area contributed by atoms with Gasteiger partial charge in [0.25, 0.3) is 5.91 Å². The molecular weight excluding hydrogens is 313 g/mol. The third-order valence-corrected chi connectivity index (χ3v) is 3.26. The minimum absolute atomic E-state index is 0.226. The fourth-order valence-electron chi connectivity index (χ4n) is 1.68. The maximum absolute atomic E-state index is 12.3. The average molecular weight is 326 g/mol. The minimum Gasteiger partial charge on any atom is -0.497 e. The van der Waals surface area contributed by atoms with Gasteiger partial charge < -0.3 is 15.4 Å². The van der Waals surface area contributed by atoms with Crippen LogP contribution in [0.25, 0.3) is 0 Å². The number of aromatic nitrogens is 1. The smallest absolute Gasteiger partial charge is 0.255 e. The number of anilines is 2. The van der Waals surface area contributed by atoms with E-state index in [4.69, 9.17) is 27.9 Å². The van der Waals surface area contributed by atoms with Gasteiger partial charge in [0, 0.05) is 18.7 Å². The number of carbonyl (C=O) groups is 1. The third kappa shape index (κ3) is 3.77. The number of pyridine rings is 1. The van der Waals surface area contributed by atoms with Crippen LogP contribution in [-0.4, -0.2) is 25.0 Å². The Morgan fingerprint density at radius 1 is 1.24 bits per heavy atom. The van der Waals surface area contributed by atoms with Crippen molar-refractivity contribution in [2.45, 2.75) is 0 Å². The molecule has 0 spiro atoms. The molecule has 0 aliphatic carbocycles. The number of benzene rings is 1. The molecule has 2 aromatic rings. The van der Waals surface area contributed by atoms with Gasteiger partial charge in [-0.15, -0.1) is 0 Å². The standard InChI is InChI=1S/C14H13Cl2N3O2/c1-17-13-6-8(5-12(16)19-13)14(20)18-11-7-9(21-2)3-4-10(11)15/h3-7H,1-2H3,(H,17,19)(H,18,20). The molecule has 0 bridgehead atoms. The Morgan fingerprint density at radius 2 is 2.00 bits per heavy atom. The lowest BCUT2D eigenvalue weighted by atomic mass is 10.2. The maximum atomic E-state index is 12.3. The number of hydrogen-bond donors (Lipinski definition) is 2. The summed E-state index contributed by atoms with van der Waals surface area (Å²) in [6.07, 6.45) is 0. The number of nitrogens with one attached hydrogen (secondary N) is 2. The molecule has 2 N–H and O–H groups in total. The molecule has 1 amide bonds. The second-order valence-electron chi connectivity index (χ2n) is 4.11. The van der Waals surface area contributed by atoms with Gasteiger partial charge in [0.05, 0.1) is 17.8 Å². The molecule has 1 aromatic heterocycles. The van der Waals surface area contributed by atoms with Crippen LogP contribution in [0.2, 0.25) is 10.2 Å². The van der Waals surface area contributed by atoms with E-state index in [2.05, 4.69) is 15.6 Å². The van der Waals surface area contributed by atoms with E-state index in [1.165, 1.54) is 13.2 Å². The number of carbonyl (C=O) groups excluding carboxylic acids is 1. The van der Waals surface area contributed by atoms with Crippen molar-refractivity contribution in [3.63, 3.8) is 0 Å². The van der Waals surface area contributed by atoms with Gasteiger partial charge in [0.2, 0.25) is 0 Å². The lowest BCUT2D eigenvalue weighted by Crippen LogP contribution is -2.13. The van der Waals surface area contributed by atoms with Gasteiger partial charge in [0.1, 0.15) is 16.7 Å². The van der Waals surface area contributed by atoms with Crippen molar-refractivity contribution in [1.82, 2.24) is 4.98 Å². The summed E-state index contributed by atoms with van der Waals surface area (Å²) in [7, 11) is 3.23. The zero-order chi connectivity index (χ0) is 15.4. The second kappa shape index (κ2) is 6.65. The predicted octanol–water partition coefficient (Wildman–Crippen LogP) is 3.69. The Morgan fingerprint density at radius 3 is 2.67 bits per heavy atom. The number of halogens is 2. The van der Waals surface area contributed by atoms with E-state index in [1.807, 2.05) is 0 Å². The molecule has 0 fully saturated rings. The summed E-state index contributed by atoms with van der Waals surface area (Å²) >= 11 is 11.9. The average Bonchev–Trinajstić information content (AvgIpc) is 2.48. The highest BCUT2D eigenvalue weighted by atomic mass is 35.5. The largest absolute Gasteiger partial charge is 0.497 e. The zero-order valence-electron chi connectivity index (χ0n) is 11.4. The van der Waals surface area contributed by atoms with Gasteiger partial charge in [0.15, 0.2) is 0 Å². The Kier molecular flexibility index (Phi) is 4.88. The topological polar surface area (TPSA) is 63.2 Å². The van der Waals surface area contributed by atoms with Gasteiger partial charge in [-0.25, -0.2) is 4.98 Å². The van der Waals surface area contributed by atoms with Crippen molar-refractivity contribution in [2.24, 2.45) is 0 Å². The van der Waals surface area contributed by atoms with E-state index in [1.54, 1.807) is 31.3 Å². The molecule has 1 aromatic carbocycles. The lowest BCUT2D eigenvalue weighted by Gasteiger charge is -2.10. The monoisotopic (exact) mass is 325 g/mol. The predicted molar refractivity (Wildman–Crippen MR) is 84.8 cm³/mol. The highest BCUT2D eigenvalue weighted by Gasteiger charge is 2.12. The molecule has 1 heterocycles. The van der Waals surface area contributed by atoms with Crippen molar-refractivity contribution in [2.75, 3.05) is 24.8 Å². The number of methoxy groups -OCH3 is 1. The van der Waals surface area contributed by atoms with E-state index in [0.717, 1.165) is 0 Å². The second-order valence-corrected chi connectivity index (χ2v) is 4.91. The molecule has 0 atom stereocenters. The Labute approximate surface area is 132 Å². The van der Waals surface area contributed by atoms with Crippen molar-refractivity contribution in [1.29, 1.82) is 0 Å². The van der Waals surface area contributed by atoms with Crippen LogP contribution >= 0.6 is 23.2 Å². The fraction of sp³-hybridized carbons (Fsp3) is 0.143. The first kappa shape index (κ1) is 15.4. The van der Waals surface area contributed by atoms with E-state index in [9.17, 15) is 4.79 Å². The van der Waals surface area contributed by atoms with Crippen molar-refractivity contribution >= 4 is 40.6 Å². The van der Waals surface area contributed by atoms with Gasteiger partial charge >= 0.3 is 0 Å². The summed E-state index contributed by atoms with van der Waals surface area (Å²) in [5, 5.41) is 6.19. The Balaban J connectivity index is 2.27. The highest BCUT2D eigenvalue weighted by molar-refractivity contribution is 6.34. The van der Waals surface area contributed by atoms with E-state index in [0.29, 0.717) is 27.8 Å². The third-order valence-electron chi connectivity index (χ3n) is 2.73. The molecular formula is C14H13Cl2N3O2. The molecule has 5 nitrogen and oxygen atoms in total. The van der Waals surface area contributed by atoms with Crippen LogP contribution in [0.5, 0.6) is 5.75 Å². The molecule has 0 saturated carbocycles. The summed E-state index contributed by atoms with van der Waals surface area (Å²) in [5.74, 6) is 0.758. The summed E-state index contributed by atoms with van der Waals surface area (Å²) in [5.41, 5.74) is 0.832. The molecule has 0 saturated heterocycles. The fourth-order valence-corrected chi connectivity index (χ4v) is 2.05. The lowest BCUT2D eigenvalue weighted by molar-refractivity contribution is 0.102. The van der Waals surface area contributed by atoms with Crippen LogP contribution in [0.4, 0.5) is 11.5 Å². The van der Waals surface area contributed by atoms with Gasteiger partial charge in [-0.05, 0) is 24.3 Å². The summed E-state index contributed by atoms with van der Waals surface area (Å²) in [6.45, 7) is 0. The van der Waals surface area contributed by atoms with Crippen LogP contribution in [-0.2, 0) is 0 Å². The first-order valence-electron chi connectivity index (χ1n) is 6.03. The summed E-state index contributed by atoms with van der Waals surface area (Å²) in [6, 6.07) is 8.07. The van der Waals surface area contributed by atoms with Crippen LogP contribution in [0, 0.1) is 0 Å². The van der Waals surface area contributed by atoms with Crippen LogP contribution in [0.15, 0.2) is 30.3 Å². The molecule has 7 heteroatoms. The maximum Gasteiger partial charge on any atom is 0.255 e. The minimum atomic E-state index is -0.342.